The molecule has 0 aliphatic carbocycles. The van der Waals surface area contributed by atoms with Crippen LogP contribution in [0.15, 0.2) is 29.2 Å². The Bertz CT molecular complexity index is 410. The molecule has 3 nitrogen and oxygen atoms in total. The van der Waals surface area contributed by atoms with Gasteiger partial charge >= 0.3 is 5.97 Å². The quantitative estimate of drug-likeness (QED) is 0.606. The topological polar surface area (TPSA) is 35.5 Å². The third kappa shape index (κ3) is 2.70. The molecule has 1 aliphatic rings. The van der Waals surface area contributed by atoms with Crippen molar-refractivity contribution in [2.45, 2.75) is 23.7 Å². The van der Waals surface area contributed by atoms with Crippen LogP contribution in [-0.2, 0) is 19.7 Å². The standard InChI is InChI=1S/C14H18O3S/c1-3-18-12-6-4-11(5-7-12)14(9-17-10-14)8-13(15)16-2/h4-7H,3,8-10H2,1-2H3. The Labute approximate surface area is 112 Å². The third-order valence-corrected chi connectivity index (χ3v) is 4.14. The lowest BCUT2D eigenvalue weighted by atomic mass is 9.76. The average Bonchev–Trinajstić information content (AvgIpc) is 2.35. The van der Waals surface area contributed by atoms with E-state index in [-0.39, 0.29) is 11.4 Å². The molecule has 0 aromatic heterocycles. The number of methoxy groups -OCH3 is 1. The van der Waals surface area contributed by atoms with E-state index in [1.807, 2.05) is 11.8 Å². The highest BCUT2D eigenvalue weighted by atomic mass is 32.2. The third-order valence-electron chi connectivity index (χ3n) is 3.24. The van der Waals surface area contributed by atoms with Crippen LogP contribution in [0.1, 0.15) is 18.9 Å². The fourth-order valence-electron chi connectivity index (χ4n) is 2.14. The van der Waals surface area contributed by atoms with Crippen LogP contribution in [0.25, 0.3) is 0 Å². The van der Waals surface area contributed by atoms with Crippen LogP contribution in [0.5, 0.6) is 0 Å². The molecule has 1 aromatic carbocycles. The largest absolute Gasteiger partial charge is 0.469 e. The van der Waals surface area contributed by atoms with E-state index >= 15 is 0 Å². The molecule has 18 heavy (non-hydrogen) atoms. The van der Waals surface area contributed by atoms with Crippen molar-refractivity contribution >= 4 is 17.7 Å². The first kappa shape index (κ1) is 13.4. The van der Waals surface area contributed by atoms with Gasteiger partial charge in [0.15, 0.2) is 0 Å². The minimum atomic E-state index is -0.178. The van der Waals surface area contributed by atoms with E-state index in [4.69, 9.17) is 9.47 Å². The molecule has 1 heterocycles. The van der Waals surface area contributed by atoms with E-state index in [1.54, 1.807) is 0 Å². The van der Waals surface area contributed by atoms with E-state index in [2.05, 4.69) is 31.2 Å². The first-order valence-electron chi connectivity index (χ1n) is 6.08. The Balaban J connectivity index is 2.14. The van der Waals surface area contributed by atoms with Crippen LogP contribution in [0.2, 0.25) is 0 Å². The van der Waals surface area contributed by atoms with E-state index in [1.165, 1.54) is 17.6 Å². The summed E-state index contributed by atoms with van der Waals surface area (Å²) in [5.41, 5.74) is 0.988. The highest BCUT2D eigenvalue weighted by molar-refractivity contribution is 7.99. The molecule has 0 spiro atoms. The molecule has 0 unspecified atom stereocenters. The van der Waals surface area contributed by atoms with Gasteiger partial charge in [-0.1, -0.05) is 19.1 Å². The maximum Gasteiger partial charge on any atom is 0.306 e. The predicted molar refractivity (Wildman–Crippen MR) is 72.0 cm³/mol. The zero-order valence-electron chi connectivity index (χ0n) is 10.8. The first-order chi connectivity index (χ1) is 8.70. The number of carbonyl (C=O) groups is 1. The summed E-state index contributed by atoms with van der Waals surface area (Å²) >= 11 is 1.82. The van der Waals surface area contributed by atoms with Gasteiger partial charge in [0.25, 0.3) is 0 Å². The summed E-state index contributed by atoms with van der Waals surface area (Å²) in [4.78, 5) is 12.7. The minimum Gasteiger partial charge on any atom is -0.469 e. The average molecular weight is 266 g/mol. The molecule has 0 amide bonds. The molecule has 4 heteroatoms. The van der Waals surface area contributed by atoms with Crippen molar-refractivity contribution in [2.24, 2.45) is 0 Å². The van der Waals surface area contributed by atoms with Crippen molar-refractivity contribution in [3.05, 3.63) is 29.8 Å². The fourth-order valence-corrected chi connectivity index (χ4v) is 2.80. The first-order valence-corrected chi connectivity index (χ1v) is 7.06. The summed E-state index contributed by atoms with van der Waals surface area (Å²) in [6, 6.07) is 8.43. The summed E-state index contributed by atoms with van der Waals surface area (Å²) in [6.07, 6.45) is 0.393. The second kappa shape index (κ2) is 5.76. The predicted octanol–water partition coefficient (Wildman–Crippen LogP) is 2.63. The van der Waals surface area contributed by atoms with Gasteiger partial charge in [-0.3, -0.25) is 4.79 Å². The highest BCUT2D eigenvalue weighted by Gasteiger charge is 2.42. The number of rotatable bonds is 5. The van der Waals surface area contributed by atoms with Crippen LogP contribution in [0, 0.1) is 0 Å². The number of esters is 1. The van der Waals surface area contributed by atoms with Gasteiger partial charge < -0.3 is 9.47 Å². The summed E-state index contributed by atoms with van der Waals surface area (Å²) in [5, 5.41) is 0. The zero-order valence-corrected chi connectivity index (χ0v) is 11.6. The number of hydrogen-bond donors (Lipinski definition) is 0. The van der Waals surface area contributed by atoms with Gasteiger partial charge in [0, 0.05) is 4.90 Å². The molecule has 0 N–H and O–H groups in total. The molecule has 0 bridgehead atoms. The second-order valence-corrected chi connectivity index (χ2v) is 5.82. The molecule has 1 fully saturated rings. The number of thioether (sulfide) groups is 1. The minimum absolute atomic E-state index is 0.176. The maximum absolute atomic E-state index is 11.5. The summed E-state index contributed by atoms with van der Waals surface area (Å²) in [7, 11) is 1.43. The van der Waals surface area contributed by atoms with Crippen molar-refractivity contribution in [1.82, 2.24) is 0 Å². The van der Waals surface area contributed by atoms with Crippen LogP contribution in [-0.4, -0.2) is 32.0 Å². The van der Waals surface area contributed by atoms with E-state index in [9.17, 15) is 4.79 Å². The molecule has 1 aliphatic heterocycles. The monoisotopic (exact) mass is 266 g/mol. The van der Waals surface area contributed by atoms with E-state index in [0.29, 0.717) is 19.6 Å². The van der Waals surface area contributed by atoms with Crippen molar-refractivity contribution in [3.63, 3.8) is 0 Å². The van der Waals surface area contributed by atoms with Crippen LogP contribution >= 0.6 is 11.8 Å². The molecule has 2 rings (SSSR count). The molecule has 1 saturated heterocycles. The van der Waals surface area contributed by atoms with Gasteiger partial charge in [0.05, 0.1) is 32.2 Å². The molecule has 98 valence electrons. The Morgan fingerprint density at radius 3 is 2.50 bits per heavy atom. The van der Waals surface area contributed by atoms with Crippen molar-refractivity contribution in [1.29, 1.82) is 0 Å². The van der Waals surface area contributed by atoms with Crippen molar-refractivity contribution < 1.29 is 14.3 Å². The fraction of sp³-hybridized carbons (Fsp3) is 0.500. The zero-order chi connectivity index (χ0) is 13.0. The Hall–Kier alpha value is -1.00. The number of hydrogen-bond acceptors (Lipinski definition) is 4. The molecular weight excluding hydrogens is 248 g/mol. The van der Waals surface area contributed by atoms with Crippen molar-refractivity contribution in [2.75, 3.05) is 26.1 Å². The highest BCUT2D eigenvalue weighted by Crippen LogP contribution is 2.36. The smallest absolute Gasteiger partial charge is 0.306 e. The van der Waals surface area contributed by atoms with Gasteiger partial charge in [-0.2, -0.15) is 0 Å². The Morgan fingerprint density at radius 2 is 2.06 bits per heavy atom. The molecule has 1 aromatic rings. The molecular formula is C14H18O3S. The van der Waals surface area contributed by atoms with Gasteiger partial charge in [0.1, 0.15) is 0 Å². The lowest BCUT2D eigenvalue weighted by Gasteiger charge is -2.41. The molecule has 0 saturated carbocycles. The normalized spacial score (nSPS) is 17.0. The van der Waals surface area contributed by atoms with Gasteiger partial charge in [-0.05, 0) is 23.4 Å². The summed E-state index contributed by atoms with van der Waals surface area (Å²) < 4.78 is 10.1. The molecule has 0 radical (unpaired) electrons. The van der Waals surface area contributed by atoms with E-state index < -0.39 is 0 Å². The Kier molecular flexibility index (Phi) is 4.30. The lowest BCUT2D eigenvalue weighted by molar-refractivity contribution is -0.148. The van der Waals surface area contributed by atoms with Crippen LogP contribution < -0.4 is 0 Å². The van der Waals surface area contributed by atoms with Crippen molar-refractivity contribution in [3.8, 4) is 0 Å². The molecule has 0 atom stereocenters. The Morgan fingerprint density at radius 1 is 1.39 bits per heavy atom. The van der Waals surface area contributed by atoms with Crippen LogP contribution in [0.4, 0.5) is 0 Å². The maximum atomic E-state index is 11.5. The number of carbonyl (C=O) groups excluding carboxylic acids is 1. The summed E-state index contributed by atoms with van der Waals surface area (Å²) in [6.45, 7) is 3.34. The second-order valence-electron chi connectivity index (χ2n) is 4.48. The van der Waals surface area contributed by atoms with Gasteiger partial charge in [0.2, 0.25) is 0 Å². The van der Waals surface area contributed by atoms with Gasteiger partial charge in [-0.15, -0.1) is 11.8 Å². The van der Waals surface area contributed by atoms with E-state index in [0.717, 1.165) is 5.75 Å². The van der Waals surface area contributed by atoms with Crippen LogP contribution in [0.3, 0.4) is 0 Å². The van der Waals surface area contributed by atoms with Gasteiger partial charge in [-0.25, -0.2) is 0 Å². The number of ether oxygens (including phenoxy) is 2. The number of benzene rings is 1. The summed E-state index contributed by atoms with van der Waals surface area (Å²) in [5.74, 6) is 0.890. The SMILES string of the molecule is CCSc1ccc(C2(CC(=O)OC)COC2)cc1. The lowest BCUT2D eigenvalue weighted by Crippen LogP contribution is -2.48.